The highest BCUT2D eigenvalue weighted by Gasteiger charge is 2.21. The second kappa shape index (κ2) is 5.26. The number of Topliss-reactive ketones (excluding diaryl/α,β-unsaturated/α-hetero) is 1. The fourth-order valence-electron chi connectivity index (χ4n) is 1.93. The number of benzene rings is 1. The SMILES string of the molecule is CCc1ccc(C)c(CC)c1C(=O)C(=O)Cl. The van der Waals surface area contributed by atoms with Crippen LogP contribution in [0.25, 0.3) is 0 Å². The van der Waals surface area contributed by atoms with Crippen molar-refractivity contribution >= 4 is 22.6 Å². The number of hydrogen-bond acceptors (Lipinski definition) is 2. The van der Waals surface area contributed by atoms with E-state index in [1.807, 2.05) is 32.9 Å². The molecule has 0 aliphatic heterocycles. The first-order valence-electron chi connectivity index (χ1n) is 5.38. The molecule has 3 heteroatoms. The Kier molecular flexibility index (Phi) is 4.25. The van der Waals surface area contributed by atoms with Gasteiger partial charge in [0.1, 0.15) is 0 Å². The highest BCUT2D eigenvalue weighted by atomic mass is 35.5. The summed E-state index contributed by atoms with van der Waals surface area (Å²) in [4.78, 5) is 22.8. The average Bonchev–Trinajstić information content (AvgIpc) is 2.27. The molecule has 2 nitrogen and oxygen atoms in total. The molecule has 0 saturated carbocycles. The molecule has 16 heavy (non-hydrogen) atoms. The number of aryl methyl sites for hydroxylation is 2. The molecule has 0 aliphatic rings. The maximum absolute atomic E-state index is 11.8. The van der Waals surface area contributed by atoms with Gasteiger partial charge in [0.25, 0.3) is 5.24 Å². The minimum absolute atomic E-state index is 0.505. The molecule has 0 aliphatic carbocycles. The van der Waals surface area contributed by atoms with Gasteiger partial charge in [0.2, 0.25) is 5.78 Å². The van der Waals surface area contributed by atoms with Crippen LogP contribution in [0.15, 0.2) is 12.1 Å². The van der Waals surface area contributed by atoms with E-state index < -0.39 is 11.0 Å². The first kappa shape index (κ1) is 12.9. The topological polar surface area (TPSA) is 34.1 Å². The number of halogens is 1. The molecule has 0 heterocycles. The molecule has 0 saturated heterocycles. The number of carbonyl (C=O) groups excluding carboxylic acids is 2. The third-order valence-electron chi connectivity index (χ3n) is 2.77. The fourth-order valence-corrected chi connectivity index (χ4v) is 2.03. The lowest BCUT2D eigenvalue weighted by molar-refractivity contribution is -0.108. The van der Waals surface area contributed by atoms with Crippen LogP contribution in [0.1, 0.15) is 40.9 Å². The van der Waals surface area contributed by atoms with Gasteiger partial charge in [0.05, 0.1) is 0 Å². The van der Waals surface area contributed by atoms with E-state index in [-0.39, 0.29) is 0 Å². The van der Waals surface area contributed by atoms with Crippen LogP contribution >= 0.6 is 11.6 Å². The summed E-state index contributed by atoms with van der Waals surface area (Å²) in [5.74, 6) is -0.584. The van der Waals surface area contributed by atoms with Crippen LogP contribution in [0.2, 0.25) is 0 Å². The van der Waals surface area contributed by atoms with Gasteiger partial charge in [0.15, 0.2) is 0 Å². The van der Waals surface area contributed by atoms with Crippen molar-refractivity contribution in [3.8, 4) is 0 Å². The molecule has 0 amide bonds. The summed E-state index contributed by atoms with van der Waals surface area (Å²) in [6.07, 6.45) is 1.45. The van der Waals surface area contributed by atoms with Gasteiger partial charge in [-0.15, -0.1) is 0 Å². The Morgan fingerprint density at radius 1 is 1.19 bits per heavy atom. The lowest BCUT2D eigenvalue weighted by Gasteiger charge is -2.13. The summed E-state index contributed by atoms with van der Waals surface area (Å²) in [6, 6.07) is 3.87. The highest BCUT2D eigenvalue weighted by Crippen LogP contribution is 2.21. The number of hydrogen-bond donors (Lipinski definition) is 0. The van der Waals surface area contributed by atoms with Crippen molar-refractivity contribution in [3.63, 3.8) is 0 Å². The molecule has 1 rings (SSSR count). The van der Waals surface area contributed by atoms with Crippen molar-refractivity contribution in [1.29, 1.82) is 0 Å². The molecule has 1 aromatic carbocycles. The first-order chi connectivity index (χ1) is 7.52. The summed E-state index contributed by atoms with van der Waals surface area (Å²) in [7, 11) is 0. The Balaban J connectivity index is 3.48. The molecular weight excluding hydrogens is 224 g/mol. The van der Waals surface area contributed by atoms with Crippen molar-refractivity contribution in [2.45, 2.75) is 33.6 Å². The third kappa shape index (κ3) is 2.33. The van der Waals surface area contributed by atoms with Crippen LogP contribution in [-0.4, -0.2) is 11.0 Å². The van der Waals surface area contributed by atoms with E-state index in [0.29, 0.717) is 5.56 Å². The smallest absolute Gasteiger partial charge is 0.284 e. The second-order valence-corrected chi connectivity index (χ2v) is 4.05. The molecule has 0 fully saturated rings. The van der Waals surface area contributed by atoms with E-state index >= 15 is 0 Å². The largest absolute Gasteiger partial charge is 0.293 e. The monoisotopic (exact) mass is 238 g/mol. The molecule has 0 radical (unpaired) electrons. The predicted molar refractivity (Wildman–Crippen MR) is 65.1 cm³/mol. The Morgan fingerprint density at radius 3 is 2.25 bits per heavy atom. The highest BCUT2D eigenvalue weighted by molar-refractivity contribution is 6.83. The van der Waals surface area contributed by atoms with E-state index in [2.05, 4.69) is 0 Å². The Bertz CT molecular complexity index is 436. The average molecular weight is 239 g/mol. The summed E-state index contributed by atoms with van der Waals surface area (Å²) in [6.45, 7) is 5.87. The van der Waals surface area contributed by atoms with Crippen LogP contribution in [0.4, 0.5) is 0 Å². The van der Waals surface area contributed by atoms with Gasteiger partial charge in [-0.25, -0.2) is 0 Å². The molecule has 0 N–H and O–H groups in total. The van der Waals surface area contributed by atoms with E-state index in [4.69, 9.17) is 11.6 Å². The van der Waals surface area contributed by atoms with Crippen LogP contribution in [0.5, 0.6) is 0 Å². The van der Waals surface area contributed by atoms with Crippen molar-refractivity contribution in [1.82, 2.24) is 0 Å². The van der Waals surface area contributed by atoms with Crippen LogP contribution in [0, 0.1) is 6.92 Å². The molecule has 0 aromatic heterocycles. The van der Waals surface area contributed by atoms with Crippen LogP contribution < -0.4 is 0 Å². The van der Waals surface area contributed by atoms with E-state index in [1.165, 1.54) is 0 Å². The van der Waals surface area contributed by atoms with Gasteiger partial charge < -0.3 is 0 Å². The zero-order valence-corrected chi connectivity index (χ0v) is 10.5. The van der Waals surface area contributed by atoms with Gasteiger partial charge in [-0.2, -0.15) is 0 Å². The lowest BCUT2D eigenvalue weighted by Crippen LogP contribution is -2.14. The molecule has 0 atom stereocenters. The van der Waals surface area contributed by atoms with E-state index in [9.17, 15) is 9.59 Å². The Hall–Kier alpha value is -1.15. The second-order valence-electron chi connectivity index (χ2n) is 3.71. The fraction of sp³-hybridized carbons (Fsp3) is 0.385. The summed E-state index contributed by atoms with van der Waals surface area (Å²) >= 11 is 5.28. The van der Waals surface area contributed by atoms with Crippen LogP contribution in [0.3, 0.4) is 0 Å². The lowest BCUT2D eigenvalue weighted by atomic mass is 9.91. The number of ketones is 1. The van der Waals surface area contributed by atoms with Crippen molar-refractivity contribution in [2.24, 2.45) is 0 Å². The van der Waals surface area contributed by atoms with Gasteiger partial charge in [-0.3, -0.25) is 9.59 Å². The van der Waals surface area contributed by atoms with Crippen LogP contribution in [-0.2, 0) is 17.6 Å². The van der Waals surface area contributed by atoms with Gasteiger partial charge in [-0.05, 0) is 48.1 Å². The van der Waals surface area contributed by atoms with Crippen molar-refractivity contribution in [2.75, 3.05) is 0 Å². The summed E-state index contributed by atoms with van der Waals surface area (Å²) in [5, 5.41) is -0.907. The molecule has 0 unspecified atom stereocenters. The standard InChI is InChI=1S/C13H15ClO2/c1-4-9-7-6-8(3)10(5-2)11(9)12(15)13(14)16/h6-7H,4-5H2,1-3H3. The summed E-state index contributed by atoms with van der Waals surface area (Å²) in [5.41, 5.74) is 3.35. The molecule has 0 bridgehead atoms. The minimum Gasteiger partial charge on any atom is -0.284 e. The summed E-state index contributed by atoms with van der Waals surface area (Å²) < 4.78 is 0. The number of rotatable bonds is 4. The van der Waals surface area contributed by atoms with E-state index in [1.54, 1.807) is 0 Å². The molecule has 0 spiro atoms. The zero-order chi connectivity index (χ0) is 12.3. The van der Waals surface area contributed by atoms with E-state index in [0.717, 1.165) is 29.5 Å². The van der Waals surface area contributed by atoms with Gasteiger partial charge in [-0.1, -0.05) is 26.0 Å². The third-order valence-corrected chi connectivity index (χ3v) is 2.95. The molecule has 86 valence electrons. The zero-order valence-electron chi connectivity index (χ0n) is 9.76. The number of carbonyl (C=O) groups is 2. The van der Waals surface area contributed by atoms with Crippen molar-refractivity contribution < 1.29 is 9.59 Å². The Labute approximate surface area is 101 Å². The normalized spacial score (nSPS) is 10.2. The molecule has 1 aromatic rings. The van der Waals surface area contributed by atoms with Gasteiger partial charge >= 0.3 is 0 Å². The van der Waals surface area contributed by atoms with Crippen molar-refractivity contribution in [3.05, 3.63) is 34.4 Å². The quantitative estimate of drug-likeness (QED) is 0.459. The predicted octanol–water partition coefficient (Wildman–Crippen LogP) is 3.07. The minimum atomic E-state index is -0.907. The Morgan fingerprint density at radius 2 is 1.81 bits per heavy atom. The maximum atomic E-state index is 11.8. The molecular formula is C13H15ClO2. The van der Waals surface area contributed by atoms with Gasteiger partial charge in [0, 0.05) is 5.56 Å². The first-order valence-corrected chi connectivity index (χ1v) is 5.76. The maximum Gasteiger partial charge on any atom is 0.293 e.